The zero-order chi connectivity index (χ0) is 18.4. The van der Waals surface area contributed by atoms with Crippen molar-refractivity contribution in [3.05, 3.63) is 47.8 Å². The molecule has 138 valence electrons. The predicted octanol–water partition coefficient (Wildman–Crippen LogP) is 3.15. The van der Waals surface area contributed by atoms with Crippen LogP contribution < -0.4 is 10.1 Å². The van der Waals surface area contributed by atoms with E-state index in [0.29, 0.717) is 30.6 Å². The Morgan fingerprint density at radius 1 is 1.27 bits per heavy atom. The third-order valence-corrected chi connectivity index (χ3v) is 4.55. The smallest absolute Gasteiger partial charge is 0.257 e. The summed E-state index contributed by atoms with van der Waals surface area (Å²) in [5.41, 5.74) is 1.75. The van der Waals surface area contributed by atoms with E-state index >= 15 is 0 Å². The molecule has 1 N–H and O–H groups in total. The first-order valence-electron chi connectivity index (χ1n) is 9.20. The third kappa shape index (κ3) is 4.71. The lowest BCUT2D eigenvalue weighted by Crippen LogP contribution is -2.41. The normalized spacial score (nSPS) is 17.0. The van der Waals surface area contributed by atoms with Crippen molar-refractivity contribution in [3.8, 4) is 5.75 Å². The molecule has 1 saturated heterocycles. The number of anilines is 1. The number of amides is 1. The van der Waals surface area contributed by atoms with Crippen molar-refractivity contribution in [1.29, 1.82) is 0 Å². The molecule has 6 nitrogen and oxygen atoms in total. The summed E-state index contributed by atoms with van der Waals surface area (Å²) < 4.78 is 5.91. The Morgan fingerprint density at radius 3 is 2.69 bits per heavy atom. The molecule has 0 unspecified atom stereocenters. The lowest BCUT2D eigenvalue weighted by atomic mass is 9.98. The zero-order valence-electron chi connectivity index (χ0n) is 15.4. The Hall–Kier alpha value is -2.63. The molecule has 1 atom stereocenters. The number of nitrogens with zero attached hydrogens (tertiary/aromatic N) is 3. The summed E-state index contributed by atoms with van der Waals surface area (Å²) in [5, 5.41) is 3.03. The van der Waals surface area contributed by atoms with Crippen molar-refractivity contribution in [2.24, 2.45) is 5.92 Å². The largest absolute Gasteiger partial charge is 0.493 e. The number of nitrogens with one attached hydrogen (secondary N) is 1. The van der Waals surface area contributed by atoms with Crippen molar-refractivity contribution in [2.45, 2.75) is 26.7 Å². The van der Waals surface area contributed by atoms with E-state index in [1.807, 2.05) is 36.1 Å². The van der Waals surface area contributed by atoms with Crippen LogP contribution in [0.3, 0.4) is 0 Å². The molecule has 1 aromatic carbocycles. The maximum atomic E-state index is 12.7. The highest BCUT2D eigenvalue weighted by atomic mass is 16.5. The molecule has 3 rings (SSSR count). The average molecular weight is 354 g/mol. The van der Waals surface area contributed by atoms with Gasteiger partial charge in [-0.3, -0.25) is 4.79 Å². The summed E-state index contributed by atoms with van der Waals surface area (Å²) in [5.74, 6) is 1.77. The van der Waals surface area contributed by atoms with E-state index in [1.54, 1.807) is 12.4 Å². The fourth-order valence-corrected chi connectivity index (χ4v) is 3.10. The molecular formula is C20H26N4O2. The van der Waals surface area contributed by atoms with Crippen LogP contribution in [0, 0.1) is 12.8 Å². The summed E-state index contributed by atoms with van der Waals surface area (Å²) in [7, 11) is 0. The van der Waals surface area contributed by atoms with Crippen molar-refractivity contribution in [2.75, 3.05) is 31.6 Å². The van der Waals surface area contributed by atoms with Crippen LogP contribution in [0.2, 0.25) is 0 Å². The van der Waals surface area contributed by atoms with Gasteiger partial charge >= 0.3 is 0 Å². The van der Waals surface area contributed by atoms with Crippen molar-refractivity contribution >= 4 is 11.9 Å². The van der Waals surface area contributed by atoms with Gasteiger partial charge in [-0.05, 0) is 38.8 Å². The van der Waals surface area contributed by atoms with Crippen LogP contribution in [-0.4, -0.2) is 47.0 Å². The van der Waals surface area contributed by atoms with E-state index in [9.17, 15) is 4.79 Å². The first-order chi connectivity index (χ1) is 12.7. The highest BCUT2D eigenvalue weighted by Crippen LogP contribution is 2.20. The first-order valence-corrected chi connectivity index (χ1v) is 9.20. The van der Waals surface area contributed by atoms with Gasteiger partial charge in [0.1, 0.15) is 5.75 Å². The third-order valence-electron chi connectivity index (χ3n) is 4.55. The SMILES string of the molecule is CCNc1ncc(C(=O)N2CCC[C@H](COc3ccc(C)cc3)C2)cn1. The lowest BCUT2D eigenvalue weighted by Gasteiger charge is -2.32. The number of carbonyl (C=O) groups is 1. The van der Waals surface area contributed by atoms with Gasteiger partial charge in [0.25, 0.3) is 5.91 Å². The van der Waals surface area contributed by atoms with Gasteiger partial charge in [-0.15, -0.1) is 0 Å². The highest BCUT2D eigenvalue weighted by Gasteiger charge is 2.25. The minimum atomic E-state index is -0.00640. The molecule has 6 heteroatoms. The number of hydrogen-bond donors (Lipinski definition) is 1. The molecule has 1 aliphatic heterocycles. The van der Waals surface area contributed by atoms with Gasteiger partial charge in [0.15, 0.2) is 0 Å². The van der Waals surface area contributed by atoms with Crippen LogP contribution in [-0.2, 0) is 0 Å². The fraction of sp³-hybridized carbons (Fsp3) is 0.450. The lowest BCUT2D eigenvalue weighted by molar-refractivity contribution is 0.0632. The van der Waals surface area contributed by atoms with Crippen LogP contribution in [0.15, 0.2) is 36.7 Å². The summed E-state index contributed by atoms with van der Waals surface area (Å²) >= 11 is 0. The first kappa shape index (κ1) is 18.2. The van der Waals surface area contributed by atoms with Crippen LogP contribution in [0.4, 0.5) is 5.95 Å². The van der Waals surface area contributed by atoms with Crippen molar-refractivity contribution < 1.29 is 9.53 Å². The Bertz CT molecular complexity index is 716. The van der Waals surface area contributed by atoms with Gasteiger partial charge in [-0.25, -0.2) is 9.97 Å². The van der Waals surface area contributed by atoms with Crippen LogP contribution in [0.1, 0.15) is 35.7 Å². The second-order valence-electron chi connectivity index (χ2n) is 6.71. The monoisotopic (exact) mass is 354 g/mol. The molecule has 1 aromatic heterocycles. The van der Waals surface area contributed by atoms with E-state index in [2.05, 4.69) is 22.2 Å². The van der Waals surface area contributed by atoms with Crippen LogP contribution >= 0.6 is 0 Å². The summed E-state index contributed by atoms with van der Waals surface area (Å²) in [6.45, 7) is 6.90. The number of piperidine rings is 1. The maximum absolute atomic E-state index is 12.7. The molecule has 26 heavy (non-hydrogen) atoms. The molecule has 1 aliphatic rings. The van der Waals surface area contributed by atoms with E-state index in [4.69, 9.17) is 4.74 Å². The summed E-state index contributed by atoms with van der Waals surface area (Å²) in [4.78, 5) is 23.0. The molecule has 1 fully saturated rings. The van der Waals surface area contributed by atoms with Gasteiger partial charge in [-0.1, -0.05) is 17.7 Å². The van der Waals surface area contributed by atoms with Crippen LogP contribution in [0.25, 0.3) is 0 Å². The zero-order valence-corrected chi connectivity index (χ0v) is 15.4. The van der Waals surface area contributed by atoms with Crippen molar-refractivity contribution in [3.63, 3.8) is 0 Å². The Balaban J connectivity index is 1.55. The molecule has 2 aromatic rings. The predicted molar refractivity (Wildman–Crippen MR) is 101 cm³/mol. The van der Waals surface area contributed by atoms with E-state index < -0.39 is 0 Å². The molecule has 0 aliphatic carbocycles. The van der Waals surface area contributed by atoms with Gasteiger partial charge in [0, 0.05) is 37.9 Å². The maximum Gasteiger partial charge on any atom is 0.257 e. The van der Waals surface area contributed by atoms with Gasteiger partial charge in [0.05, 0.1) is 12.2 Å². The standard InChI is InChI=1S/C20H26N4O2/c1-3-21-20-22-11-17(12-23-20)19(25)24-10-4-5-16(13-24)14-26-18-8-6-15(2)7-9-18/h6-9,11-12,16H,3-5,10,13-14H2,1-2H3,(H,21,22,23)/t16-/m0/s1. The Morgan fingerprint density at radius 2 is 2.00 bits per heavy atom. The average Bonchev–Trinajstić information content (AvgIpc) is 2.68. The fourth-order valence-electron chi connectivity index (χ4n) is 3.10. The number of hydrogen-bond acceptors (Lipinski definition) is 5. The van der Waals surface area contributed by atoms with Crippen LogP contribution in [0.5, 0.6) is 5.75 Å². The van der Waals surface area contributed by atoms with E-state index in [-0.39, 0.29) is 5.91 Å². The topological polar surface area (TPSA) is 67.4 Å². The minimum absolute atomic E-state index is 0.00640. The quantitative estimate of drug-likeness (QED) is 0.863. The number of carbonyl (C=O) groups excluding carboxylic acids is 1. The molecule has 2 heterocycles. The number of likely N-dealkylation sites (tertiary alicyclic amines) is 1. The van der Waals surface area contributed by atoms with Crippen molar-refractivity contribution in [1.82, 2.24) is 14.9 Å². The highest BCUT2D eigenvalue weighted by molar-refractivity contribution is 5.93. The minimum Gasteiger partial charge on any atom is -0.493 e. The molecule has 0 saturated carbocycles. The number of aromatic nitrogens is 2. The van der Waals surface area contributed by atoms with E-state index in [1.165, 1.54) is 5.56 Å². The number of aryl methyl sites for hydroxylation is 1. The number of rotatable bonds is 6. The number of ether oxygens (including phenoxy) is 1. The second-order valence-corrected chi connectivity index (χ2v) is 6.71. The van der Waals surface area contributed by atoms with E-state index in [0.717, 1.165) is 31.7 Å². The second kappa shape index (κ2) is 8.65. The van der Waals surface area contributed by atoms with Gasteiger partial charge < -0.3 is 15.0 Å². The molecule has 0 bridgehead atoms. The molecule has 1 amide bonds. The Kier molecular flexibility index (Phi) is 6.04. The summed E-state index contributed by atoms with van der Waals surface area (Å²) in [6.07, 6.45) is 5.26. The molecule has 0 spiro atoms. The molecular weight excluding hydrogens is 328 g/mol. The molecule has 0 radical (unpaired) electrons. The van der Waals surface area contributed by atoms with Gasteiger partial charge in [0.2, 0.25) is 5.95 Å². The summed E-state index contributed by atoms with van der Waals surface area (Å²) in [6, 6.07) is 8.07. The number of benzene rings is 1. The Labute approximate surface area is 154 Å². The van der Waals surface area contributed by atoms with Gasteiger partial charge in [-0.2, -0.15) is 0 Å².